The van der Waals surface area contributed by atoms with Crippen LogP contribution in [0.1, 0.15) is 19.4 Å². The molecule has 0 spiro atoms. The van der Waals surface area contributed by atoms with E-state index in [9.17, 15) is 24.5 Å². The van der Waals surface area contributed by atoms with Crippen LogP contribution in [0, 0.1) is 16.0 Å². The lowest BCUT2D eigenvalue weighted by atomic mass is 9.93. The van der Waals surface area contributed by atoms with E-state index in [4.69, 9.17) is 14.2 Å². The molecule has 1 unspecified atom stereocenters. The molecule has 25 heavy (non-hydrogen) atoms. The molecule has 1 aromatic carbocycles. The number of nitro benzene ring substituents is 1. The normalized spacial score (nSPS) is 19.8. The Morgan fingerprint density at radius 2 is 1.96 bits per heavy atom. The van der Waals surface area contributed by atoms with Crippen molar-refractivity contribution < 1.29 is 33.5 Å². The molecule has 3 atom stereocenters. The Labute approximate surface area is 142 Å². The average molecular weight is 352 g/mol. The predicted molar refractivity (Wildman–Crippen MR) is 81.0 cm³/mol. The molecule has 1 saturated heterocycles. The van der Waals surface area contributed by atoms with Crippen LogP contribution in [-0.2, 0) is 30.4 Å². The molecule has 1 heterocycles. The number of hydrogen-bond donors (Lipinski definition) is 1. The summed E-state index contributed by atoms with van der Waals surface area (Å²) in [7, 11) is 0. The number of carbonyl (C=O) groups excluding carboxylic acids is 3. The molecule has 0 radical (unpaired) electrons. The van der Waals surface area contributed by atoms with Crippen molar-refractivity contribution in [3.05, 3.63) is 39.9 Å². The van der Waals surface area contributed by atoms with E-state index in [0.29, 0.717) is 5.56 Å². The summed E-state index contributed by atoms with van der Waals surface area (Å²) < 4.78 is 14.8. The topological polar surface area (TPSA) is 134 Å². The van der Waals surface area contributed by atoms with E-state index < -0.39 is 41.2 Å². The van der Waals surface area contributed by atoms with Crippen LogP contribution in [-0.4, -0.2) is 35.3 Å². The summed E-state index contributed by atoms with van der Waals surface area (Å²) >= 11 is 0. The number of non-ortho nitro benzene ring substituents is 1. The highest BCUT2D eigenvalue weighted by molar-refractivity contribution is 5.87. The van der Waals surface area contributed by atoms with Gasteiger partial charge in [-0.2, -0.15) is 0 Å². The Morgan fingerprint density at radius 1 is 1.32 bits per heavy atom. The molecular formula is C15H16N2O8. The molecule has 1 aliphatic rings. The molecule has 2 rings (SSSR count). The second kappa shape index (κ2) is 7.60. The third-order valence-corrected chi connectivity index (χ3v) is 3.50. The largest absolute Gasteiger partial charge is 0.508 e. The highest BCUT2D eigenvalue weighted by atomic mass is 16.7. The monoisotopic (exact) mass is 352 g/mol. The molecule has 1 fully saturated rings. The van der Waals surface area contributed by atoms with E-state index in [0.717, 1.165) is 0 Å². The number of carbonyl (C=O) groups is 3. The quantitative estimate of drug-likeness (QED) is 0.350. The van der Waals surface area contributed by atoms with E-state index in [1.54, 1.807) is 0 Å². The van der Waals surface area contributed by atoms with Gasteiger partial charge in [0.05, 0.1) is 4.92 Å². The van der Waals surface area contributed by atoms with Crippen molar-refractivity contribution in [3.63, 3.8) is 0 Å². The summed E-state index contributed by atoms with van der Waals surface area (Å²) in [5.41, 5.74) is 0.460. The summed E-state index contributed by atoms with van der Waals surface area (Å²) in [6.07, 6.45) is -2.71. The molecule has 1 amide bonds. The Hall–Kier alpha value is -3.17. The summed E-state index contributed by atoms with van der Waals surface area (Å²) in [5, 5.41) is 12.9. The van der Waals surface area contributed by atoms with E-state index >= 15 is 0 Å². The van der Waals surface area contributed by atoms with Crippen molar-refractivity contribution in [2.75, 3.05) is 0 Å². The fraction of sp³-hybridized carbons (Fsp3) is 0.400. The summed E-state index contributed by atoms with van der Waals surface area (Å²) in [6.45, 7) is 2.53. The lowest BCUT2D eigenvalue weighted by Gasteiger charge is -2.38. The minimum absolute atomic E-state index is 0.0764. The van der Waals surface area contributed by atoms with Crippen LogP contribution in [0.3, 0.4) is 0 Å². The van der Waals surface area contributed by atoms with Gasteiger partial charge in [0, 0.05) is 19.1 Å². The van der Waals surface area contributed by atoms with Gasteiger partial charge in [0.25, 0.3) is 5.69 Å². The number of benzene rings is 1. The number of β-lactam (4-membered cyclic amide) rings is 1. The number of nitrogens with one attached hydrogen (secondary N) is 1. The zero-order valence-electron chi connectivity index (χ0n) is 13.5. The molecular weight excluding hydrogens is 336 g/mol. The third-order valence-electron chi connectivity index (χ3n) is 3.50. The van der Waals surface area contributed by atoms with E-state index in [-0.39, 0.29) is 12.3 Å². The van der Waals surface area contributed by atoms with Crippen molar-refractivity contribution in [3.8, 4) is 0 Å². The van der Waals surface area contributed by atoms with Gasteiger partial charge in [0.2, 0.25) is 5.91 Å². The number of rotatable bonds is 6. The molecule has 1 aliphatic heterocycles. The minimum Gasteiger partial charge on any atom is -0.441 e. The van der Waals surface area contributed by atoms with Gasteiger partial charge in [-0.3, -0.25) is 19.7 Å². The van der Waals surface area contributed by atoms with E-state index in [1.807, 2.05) is 0 Å². The van der Waals surface area contributed by atoms with Crippen LogP contribution < -0.4 is 5.32 Å². The number of nitro groups is 1. The van der Waals surface area contributed by atoms with Crippen molar-refractivity contribution in [2.45, 2.75) is 32.8 Å². The fourth-order valence-electron chi connectivity index (χ4n) is 2.22. The maximum absolute atomic E-state index is 11.7. The molecule has 0 aromatic heterocycles. The lowest BCUT2D eigenvalue weighted by molar-refractivity contribution is -0.384. The first-order chi connectivity index (χ1) is 11.8. The number of esters is 1. The number of ether oxygens (including phenoxy) is 3. The van der Waals surface area contributed by atoms with Crippen LogP contribution in [0.5, 0.6) is 0 Å². The van der Waals surface area contributed by atoms with Crippen LogP contribution in [0.25, 0.3) is 0 Å². The standard InChI is InChI=1S/C15H16N2O8/c1-8(12-13(19)16-14(12)25-9(2)18)24-15(20)23-7-10-3-5-11(6-4-10)17(21)22/h3-6,8,12,14H,7H2,1-2H3,(H,16,19)/t8?,12-,14+/m0/s1. The predicted octanol–water partition coefficient (Wildman–Crippen LogP) is 1.27. The van der Waals surface area contributed by atoms with Gasteiger partial charge in [-0.05, 0) is 24.6 Å². The SMILES string of the molecule is CC(=O)O[C@H]1NC(=O)[C@@H]1C(C)OC(=O)OCc1ccc([N+](=O)[O-])cc1. The Bertz CT molecular complexity index is 687. The van der Waals surface area contributed by atoms with Crippen molar-refractivity contribution in [1.29, 1.82) is 0 Å². The van der Waals surface area contributed by atoms with Gasteiger partial charge >= 0.3 is 12.1 Å². The maximum Gasteiger partial charge on any atom is 0.508 e. The van der Waals surface area contributed by atoms with Crippen LogP contribution in [0.4, 0.5) is 10.5 Å². The summed E-state index contributed by atoms with van der Waals surface area (Å²) in [6, 6.07) is 5.47. The molecule has 0 aliphatic carbocycles. The number of hydrogen-bond acceptors (Lipinski definition) is 8. The summed E-state index contributed by atoms with van der Waals surface area (Å²) in [5.74, 6) is -1.78. The Kier molecular flexibility index (Phi) is 5.52. The molecule has 1 aromatic rings. The van der Waals surface area contributed by atoms with Gasteiger partial charge in [0.1, 0.15) is 18.6 Å². The van der Waals surface area contributed by atoms with Gasteiger partial charge < -0.3 is 19.5 Å². The molecule has 1 N–H and O–H groups in total. The molecule has 10 heteroatoms. The maximum atomic E-state index is 11.7. The number of amides is 1. The van der Waals surface area contributed by atoms with Crippen molar-refractivity contribution in [1.82, 2.24) is 5.32 Å². The zero-order valence-corrected chi connectivity index (χ0v) is 13.5. The van der Waals surface area contributed by atoms with Gasteiger partial charge in [-0.25, -0.2) is 4.79 Å². The van der Waals surface area contributed by atoms with Crippen LogP contribution >= 0.6 is 0 Å². The van der Waals surface area contributed by atoms with E-state index in [2.05, 4.69) is 5.32 Å². The van der Waals surface area contributed by atoms with Crippen LogP contribution in [0.15, 0.2) is 24.3 Å². The van der Waals surface area contributed by atoms with Gasteiger partial charge in [-0.1, -0.05) is 0 Å². The van der Waals surface area contributed by atoms with Crippen molar-refractivity contribution in [2.24, 2.45) is 5.92 Å². The highest BCUT2D eigenvalue weighted by Crippen LogP contribution is 2.23. The second-order valence-corrected chi connectivity index (χ2v) is 5.35. The van der Waals surface area contributed by atoms with Crippen molar-refractivity contribution >= 4 is 23.7 Å². The summed E-state index contributed by atoms with van der Waals surface area (Å²) in [4.78, 5) is 44.1. The fourth-order valence-corrected chi connectivity index (χ4v) is 2.22. The van der Waals surface area contributed by atoms with E-state index in [1.165, 1.54) is 38.1 Å². The smallest absolute Gasteiger partial charge is 0.441 e. The second-order valence-electron chi connectivity index (χ2n) is 5.35. The third kappa shape index (κ3) is 4.66. The molecule has 0 saturated carbocycles. The Morgan fingerprint density at radius 3 is 2.48 bits per heavy atom. The average Bonchev–Trinajstić information content (AvgIpc) is 2.52. The minimum atomic E-state index is -1.01. The number of nitrogens with zero attached hydrogens (tertiary/aromatic N) is 1. The first-order valence-electron chi connectivity index (χ1n) is 7.32. The molecule has 134 valence electrons. The first kappa shape index (κ1) is 18.2. The van der Waals surface area contributed by atoms with Gasteiger partial charge in [-0.15, -0.1) is 0 Å². The first-order valence-corrected chi connectivity index (χ1v) is 7.32. The van der Waals surface area contributed by atoms with Crippen LogP contribution in [0.2, 0.25) is 0 Å². The zero-order chi connectivity index (χ0) is 18.6. The molecule has 10 nitrogen and oxygen atoms in total. The van der Waals surface area contributed by atoms with Gasteiger partial charge in [0.15, 0.2) is 6.23 Å². The molecule has 0 bridgehead atoms. The Balaban J connectivity index is 1.82. The lowest BCUT2D eigenvalue weighted by Crippen LogP contribution is -2.63. The highest BCUT2D eigenvalue weighted by Gasteiger charge is 2.47.